The minimum atomic E-state index is -0.0618. The Morgan fingerprint density at radius 1 is 1.29 bits per heavy atom. The number of rotatable bonds is 4. The van der Waals surface area contributed by atoms with E-state index in [0.29, 0.717) is 17.0 Å². The fraction of sp³-hybridized carbons (Fsp3) is 0.619. The van der Waals surface area contributed by atoms with E-state index in [-0.39, 0.29) is 18.1 Å². The lowest BCUT2D eigenvalue weighted by molar-refractivity contribution is -0.129. The lowest BCUT2D eigenvalue weighted by Gasteiger charge is -2.31. The highest BCUT2D eigenvalue weighted by molar-refractivity contribution is 8.14. The van der Waals surface area contributed by atoms with E-state index >= 15 is 0 Å². The van der Waals surface area contributed by atoms with Crippen LogP contribution in [0.15, 0.2) is 33.4 Å². The van der Waals surface area contributed by atoms with Crippen molar-refractivity contribution in [3.05, 3.63) is 29.3 Å². The summed E-state index contributed by atoms with van der Waals surface area (Å²) in [7, 11) is 4.00. The molecule has 1 amide bonds. The number of anilines is 1. The van der Waals surface area contributed by atoms with E-state index in [0.717, 1.165) is 19.3 Å². The van der Waals surface area contributed by atoms with Gasteiger partial charge in [0.05, 0.1) is 5.75 Å². The van der Waals surface area contributed by atoms with E-state index in [4.69, 9.17) is 4.99 Å². The minimum absolute atomic E-state index is 0.0449. The van der Waals surface area contributed by atoms with E-state index in [1.165, 1.54) is 47.8 Å². The number of likely N-dealkylation sites (N-methyl/N-ethyl adjacent to an activating group) is 1. The molecule has 7 heteroatoms. The van der Waals surface area contributed by atoms with Crippen LogP contribution >= 0.6 is 11.8 Å². The normalized spacial score (nSPS) is 24.0. The van der Waals surface area contributed by atoms with Crippen molar-refractivity contribution in [2.75, 3.05) is 24.7 Å². The maximum absolute atomic E-state index is 12.6. The number of thioether (sulfide) groups is 1. The number of aryl methyl sites for hydroxylation is 1. The third kappa shape index (κ3) is 3.69. The van der Waals surface area contributed by atoms with Gasteiger partial charge in [0.2, 0.25) is 11.1 Å². The third-order valence-electron chi connectivity index (χ3n) is 6.23. The predicted octanol–water partition coefficient (Wildman–Crippen LogP) is 4.41. The second-order valence-electron chi connectivity index (χ2n) is 7.93. The van der Waals surface area contributed by atoms with E-state index in [1.807, 2.05) is 11.9 Å². The average Bonchev–Trinajstić information content (AvgIpc) is 3.03. The summed E-state index contributed by atoms with van der Waals surface area (Å²) in [5.74, 6) is 0.534. The maximum atomic E-state index is 12.6. The summed E-state index contributed by atoms with van der Waals surface area (Å²) < 4.78 is 0. The Balaban J connectivity index is 1.40. The van der Waals surface area contributed by atoms with Gasteiger partial charge in [-0.05, 0) is 30.9 Å². The molecule has 2 atom stereocenters. The van der Waals surface area contributed by atoms with Crippen molar-refractivity contribution in [3.8, 4) is 0 Å². The molecule has 0 bridgehead atoms. The maximum Gasteiger partial charge on any atom is 0.233 e. The van der Waals surface area contributed by atoms with Gasteiger partial charge < -0.3 is 9.80 Å². The van der Waals surface area contributed by atoms with E-state index in [9.17, 15) is 4.79 Å². The predicted molar refractivity (Wildman–Crippen MR) is 115 cm³/mol. The first-order valence-corrected chi connectivity index (χ1v) is 11.3. The Morgan fingerprint density at radius 2 is 2.07 bits per heavy atom. The molecule has 6 nitrogen and oxygen atoms in total. The Labute approximate surface area is 171 Å². The molecule has 0 aromatic heterocycles. The van der Waals surface area contributed by atoms with Crippen molar-refractivity contribution < 1.29 is 4.79 Å². The molecule has 1 aromatic rings. The molecule has 2 unspecified atom stereocenters. The lowest BCUT2D eigenvalue weighted by Crippen LogP contribution is -2.39. The van der Waals surface area contributed by atoms with Gasteiger partial charge in [-0.1, -0.05) is 50.1 Å². The van der Waals surface area contributed by atoms with Crippen LogP contribution in [0.2, 0.25) is 0 Å². The molecule has 4 rings (SSSR count). The zero-order chi connectivity index (χ0) is 19.7. The molecule has 150 valence electrons. The highest BCUT2D eigenvalue weighted by Crippen LogP contribution is 2.44. The quantitative estimate of drug-likeness (QED) is 0.753. The number of carbonyl (C=O) groups is 1. The van der Waals surface area contributed by atoms with Crippen molar-refractivity contribution in [2.45, 2.75) is 63.7 Å². The summed E-state index contributed by atoms with van der Waals surface area (Å²) >= 11 is 1.41. The van der Waals surface area contributed by atoms with Crippen molar-refractivity contribution in [1.82, 2.24) is 4.90 Å². The van der Waals surface area contributed by atoms with Gasteiger partial charge in [-0.15, -0.1) is 5.11 Å². The second-order valence-corrected chi connectivity index (χ2v) is 8.87. The smallest absolute Gasteiger partial charge is 0.233 e. The van der Waals surface area contributed by atoms with Crippen LogP contribution in [0.3, 0.4) is 0 Å². The fourth-order valence-electron chi connectivity index (χ4n) is 4.39. The number of hydrogen-bond acceptors (Lipinski definition) is 6. The first-order chi connectivity index (χ1) is 13.6. The number of carbonyl (C=O) groups excluding carboxylic acids is 1. The molecular weight excluding hydrogens is 370 g/mol. The largest absolute Gasteiger partial charge is 0.350 e. The first kappa shape index (κ1) is 19.4. The molecule has 28 heavy (non-hydrogen) atoms. The van der Waals surface area contributed by atoms with Gasteiger partial charge in [0, 0.05) is 31.4 Å². The number of nitrogens with zero attached hydrogens (tertiary/aromatic N) is 5. The molecular formula is C21H29N5OS. The fourth-order valence-corrected chi connectivity index (χ4v) is 5.14. The third-order valence-corrected chi connectivity index (χ3v) is 7.07. The molecule has 0 radical (unpaired) electrons. The van der Waals surface area contributed by atoms with Crippen molar-refractivity contribution in [3.63, 3.8) is 0 Å². The SMILES string of the molecule is CCc1ccc2c(c1)C1N=NC(SCC(=O)N(C)C3CCCCC3)=NC1N2C. The van der Waals surface area contributed by atoms with Gasteiger partial charge in [-0.2, -0.15) is 5.11 Å². The zero-order valence-electron chi connectivity index (χ0n) is 17.0. The minimum Gasteiger partial charge on any atom is -0.350 e. The Kier molecular flexibility index (Phi) is 5.71. The van der Waals surface area contributed by atoms with E-state index in [2.05, 4.69) is 47.3 Å². The summed E-state index contributed by atoms with van der Waals surface area (Å²) in [6, 6.07) is 6.91. The van der Waals surface area contributed by atoms with E-state index < -0.39 is 0 Å². The molecule has 1 saturated carbocycles. The number of amides is 1. The van der Waals surface area contributed by atoms with Crippen LogP contribution in [0.25, 0.3) is 0 Å². The molecule has 1 aliphatic carbocycles. The average molecular weight is 400 g/mol. The van der Waals surface area contributed by atoms with Crippen LogP contribution in [0.4, 0.5) is 5.69 Å². The molecule has 3 aliphatic rings. The standard InChI is InChI=1S/C21H29N5OS/c1-4-14-10-11-17-16(12-14)19-20(26(17)3)22-21(24-23-19)28-13-18(27)25(2)15-8-6-5-7-9-15/h10-12,15,19-20H,4-9,13H2,1-3H3. The molecule has 0 N–H and O–H groups in total. The van der Waals surface area contributed by atoms with Gasteiger partial charge in [0.15, 0.2) is 6.17 Å². The molecule has 2 aliphatic heterocycles. The number of aliphatic imine (C=N–C) groups is 1. The molecule has 2 heterocycles. The van der Waals surface area contributed by atoms with Gasteiger partial charge in [0.1, 0.15) is 6.04 Å². The summed E-state index contributed by atoms with van der Waals surface area (Å²) in [5.41, 5.74) is 3.69. The van der Waals surface area contributed by atoms with Crippen molar-refractivity contribution in [2.24, 2.45) is 15.2 Å². The van der Waals surface area contributed by atoms with Crippen LogP contribution in [0.1, 0.15) is 56.2 Å². The summed E-state index contributed by atoms with van der Waals surface area (Å²) in [6.45, 7) is 2.16. The van der Waals surface area contributed by atoms with Crippen molar-refractivity contribution >= 4 is 28.5 Å². The molecule has 1 aromatic carbocycles. The van der Waals surface area contributed by atoms with Crippen LogP contribution < -0.4 is 4.90 Å². The number of hydrogen-bond donors (Lipinski definition) is 0. The Hall–Kier alpha value is -1.89. The van der Waals surface area contributed by atoms with Gasteiger partial charge in [0.25, 0.3) is 0 Å². The summed E-state index contributed by atoms with van der Waals surface area (Å²) in [6.07, 6.45) is 6.95. The topological polar surface area (TPSA) is 60.6 Å². The number of fused-ring (bicyclic) bond motifs is 3. The van der Waals surface area contributed by atoms with E-state index in [1.54, 1.807) is 0 Å². The highest BCUT2D eigenvalue weighted by Gasteiger charge is 2.39. The number of benzene rings is 1. The number of amidine groups is 1. The molecule has 0 spiro atoms. The van der Waals surface area contributed by atoms with Gasteiger partial charge >= 0.3 is 0 Å². The van der Waals surface area contributed by atoms with Crippen molar-refractivity contribution in [1.29, 1.82) is 0 Å². The molecule has 0 saturated heterocycles. The number of azo groups is 1. The lowest BCUT2D eigenvalue weighted by atomic mass is 9.94. The highest BCUT2D eigenvalue weighted by atomic mass is 32.2. The first-order valence-electron chi connectivity index (χ1n) is 10.3. The molecule has 1 fully saturated rings. The van der Waals surface area contributed by atoms with Gasteiger partial charge in [-0.25, -0.2) is 4.99 Å². The van der Waals surface area contributed by atoms with Crippen LogP contribution in [0.5, 0.6) is 0 Å². The van der Waals surface area contributed by atoms with Crippen LogP contribution in [-0.2, 0) is 11.2 Å². The monoisotopic (exact) mass is 399 g/mol. The Morgan fingerprint density at radius 3 is 2.82 bits per heavy atom. The zero-order valence-corrected chi connectivity index (χ0v) is 17.8. The van der Waals surface area contributed by atoms with Gasteiger partial charge in [-0.3, -0.25) is 4.79 Å². The summed E-state index contributed by atoms with van der Waals surface area (Å²) in [4.78, 5) is 21.5. The summed E-state index contributed by atoms with van der Waals surface area (Å²) in [5, 5.41) is 9.52. The van der Waals surface area contributed by atoms with Crippen LogP contribution in [-0.4, -0.2) is 48.0 Å². The Bertz CT molecular complexity index is 802. The second kappa shape index (κ2) is 8.23. The van der Waals surface area contributed by atoms with Crippen LogP contribution in [0, 0.1) is 0 Å².